The summed E-state index contributed by atoms with van der Waals surface area (Å²) < 4.78 is 25.3. The van der Waals surface area contributed by atoms with E-state index < -0.39 is 10.0 Å². The summed E-state index contributed by atoms with van der Waals surface area (Å²) in [5.74, 6) is 0.929. The Morgan fingerprint density at radius 2 is 2.00 bits per heavy atom. The molecule has 2 N–H and O–H groups in total. The van der Waals surface area contributed by atoms with E-state index in [1.165, 1.54) is 5.00 Å². The highest BCUT2D eigenvalue weighted by molar-refractivity contribution is 14.0. The van der Waals surface area contributed by atoms with Crippen LogP contribution in [-0.2, 0) is 10.0 Å². The molecule has 7 nitrogen and oxygen atoms in total. The molecule has 138 valence electrons. The highest BCUT2D eigenvalue weighted by Crippen LogP contribution is 2.22. The van der Waals surface area contributed by atoms with Crippen molar-refractivity contribution in [2.75, 3.05) is 57.0 Å². The van der Waals surface area contributed by atoms with E-state index >= 15 is 0 Å². The third-order valence-corrected chi connectivity index (χ3v) is 6.05. The van der Waals surface area contributed by atoms with Crippen molar-refractivity contribution in [2.24, 2.45) is 4.99 Å². The second-order valence-corrected chi connectivity index (χ2v) is 8.22. The number of hydrogen-bond acceptors (Lipinski definition) is 5. The summed E-state index contributed by atoms with van der Waals surface area (Å²) in [6.07, 6.45) is 0. The molecule has 0 radical (unpaired) electrons. The number of aliphatic imine (C=N–C) groups is 1. The van der Waals surface area contributed by atoms with Crippen LogP contribution in [0.4, 0.5) is 5.00 Å². The van der Waals surface area contributed by atoms with Crippen LogP contribution in [0.15, 0.2) is 22.5 Å². The fourth-order valence-electron chi connectivity index (χ4n) is 2.40. The number of guanidine groups is 1. The lowest BCUT2D eigenvalue weighted by Gasteiger charge is -2.37. The standard InChI is InChI=1S/C14H25N5O2S2.HI/c1-3-23(20,21)17-7-6-16-14(15-2)19-10-8-18(9-11-19)13-5-4-12-22-13;/h4-5,12,17H,3,6-11H2,1-2H3,(H,15,16);1H. The van der Waals surface area contributed by atoms with Crippen molar-refractivity contribution in [3.63, 3.8) is 0 Å². The molecule has 0 saturated carbocycles. The first-order valence-electron chi connectivity index (χ1n) is 7.77. The number of piperazine rings is 1. The predicted molar refractivity (Wildman–Crippen MR) is 112 cm³/mol. The van der Waals surface area contributed by atoms with Gasteiger partial charge in [-0.2, -0.15) is 0 Å². The number of thiophene rings is 1. The topological polar surface area (TPSA) is 77.0 Å². The first-order valence-corrected chi connectivity index (χ1v) is 10.3. The molecule has 1 aliphatic heterocycles. The molecule has 0 atom stereocenters. The van der Waals surface area contributed by atoms with Gasteiger partial charge in [0, 0.05) is 46.3 Å². The Labute approximate surface area is 165 Å². The number of halogens is 1. The molecule has 10 heteroatoms. The molecule has 1 aromatic rings. The fourth-order valence-corrected chi connectivity index (χ4v) is 3.81. The normalized spacial score (nSPS) is 16.0. The van der Waals surface area contributed by atoms with Gasteiger partial charge in [-0.1, -0.05) is 0 Å². The average molecular weight is 487 g/mol. The van der Waals surface area contributed by atoms with Gasteiger partial charge in [-0.3, -0.25) is 4.99 Å². The molecule has 1 aliphatic rings. The minimum atomic E-state index is -3.13. The number of nitrogens with zero attached hydrogens (tertiary/aromatic N) is 3. The highest BCUT2D eigenvalue weighted by Gasteiger charge is 2.20. The summed E-state index contributed by atoms with van der Waals surface area (Å²) in [6, 6.07) is 4.22. The van der Waals surface area contributed by atoms with Gasteiger partial charge in [-0.25, -0.2) is 13.1 Å². The van der Waals surface area contributed by atoms with Crippen LogP contribution in [0.3, 0.4) is 0 Å². The number of sulfonamides is 1. The van der Waals surface area contributed by atoms with Crippen molar-refractivity contribution < 1.29 is 8.42 Å². The van der Waals surface area contributed by atoms with E-state index in [-0.39, 0.29) is 29.7 Å². The monoisotopic (exact) mass is 487 g/mol. The van der Waals surface area contributed by atoms with Gasteiger partial charge in [0.2, 0.25) is 10.0 Å². The van der Waals surface area contributed by atoms with Gasteiger partial charge in [0.15, 0.2) is 5.96 Å². The Morgan fingerprint density at radius 1 is 1.29 bits per heavy atom. The average Bonchev–Trinajstić information content (AvgIpc) is 3.10. The summed E-state index contributed by atoms with van der Waals surface area (Å²) in [7, 11) is -1.38. The second kappa shape index (κ2) is 10.4. The maximum atomic E-state index is 11.4. The molecule has 1 saturated heterocycles. The lowest BCUT2D eigenvalue weighted by molar-refractivity contribution is 0.374. The number of anilines is 1. The number of rotatable bonds is 6. The van der Waals surface area contributed by atoms with Crippen molar-refractivity contribution in [1.82, 2.24) is 14.9 Å². The third kappa shape index (κ3) is 6.37. The smallest absolute Gasteiger partial charge is 0.211 e. The van der Waals surface area contributed by atoms with Gasteiger partial charge in [-0.05, 0) is 24.4 Å². The highest BCUT2D eigenvalue weighted by atomic mass is 127. The predicted octanol–water partition coefficient (Wildman–Crippen LogP) is 1.00. The fraction of sp³-hybridized carbons (Fsp3) is 0.643. The zero-order valence-corrected chi connectivity index (χ0v) is 18.0. The minimum Gasteiger partial charge on any atom is -0.360 e. The molecule has 0 unspecified atom stereocenters. The lowest BCUT2D eigenvalue weighted by atomic mass is 10.3. The van der Waals surface area contributed by atoms with Crippen LogP contribution in [0.25, 0.3) is 0 Å². The molecule has 0 aromatic carbocycles. The van der Waals surface area contributed by atoms with E-state index in [4.69, 9.17) is 0 Å². The number of hydrogen-bond donors (Lipinski definition) is 2. The second-order valence-electron chi connectivity index (χ2n) is 5.20. The summed E-state index contributed by atoms with van der Waals surface area (Å²) >= 11 is 1.76. The molecule has 1 fully saturated rings. The lowest BCUT2D eigenvalue weighted by Crippen LogP contribution is -2.53. The molecular weight excluding hydrogens is 461 g/mol. The van der Waals surface area contributed by atoms with E-state index in [2.05, 4.69) is 42.3 Å². The van der Waals surface area contributed by atoms with Gasteiger partial charge in [-0.15, -0.1) is 35.3 Å². The van der Waals surface area contributed by atoms with Gasteiger partial charge in [0.05, 0.1) is 10.8 Å². The molecule has 2 heterocycles. The van der Waals surface area contributed by atoms with Gasteiger partial charge < -0.3 is 15.1 Å². The largest absolute Gasteiger partial charge is 0.360 e. The Hall–Kier alpha value is -0.590. The van der Waals surface area contributed by atoms with Crippen LogP contribution in [-0.4, -0.2) is 71.3 Å². The Kier molecular flexibility index (Phi) is 9.31. The zero-order valence-electron chi connectivity index (χ0n) is 14.1. The summed E-state index contributed by atoms with van der Waals surface area (Å²) in [5.41, 5.74) is 0. The Balaban J connectivity index is 0.00000288. The summed E-state index contributed by atoms with van der Waals surface area (Å²) in [5, 5.41) is 6.62. The Bertz CT molecular complexity index is 599. The van der Waals surface area contributed by atoms with Crippen LogP contribution < -0.4 is 14.9 Å². The summed E-state index contributed by atoms with van der Waals surface area (Å²) in [4.78, 5) is 8.88. The number of nitrogens with one attached hydrogen (secondary N) is 2. The zero-order chi connectivity index (χ0) is 16.7. The van der Waals surface area contributed by atoms with Crippen molar-refractivity contribution in [2.45, 2.75) is 6.92 Å². The molecular formula is C14H26IN5O2S2. The maximum Gasteiger partial charge on any atom is 0.211 e. The van der Waals surface area contributed by atoms with Crippen LogP contribution in [0.5, 0.6) is 0 Å². The summed E-state index contributed by atoms with van der Waals surface area (Å²) in [6.45, 7) is 6.24. The third-order valence-electron chi connectivity index (χ3n) is 3.72. The minimum absolute atomic E-state index is 0. The first kappa shape index (κ1) is 21.5. The van der Waals surface area contributed by atoms with Crippen molar-refractivity contribution >= 4 is 56.3 Å². The van der Waals surface area contributed by atoms with E-state index in [9.17, 15) is 8.42 Å². The molecule has 24 heavy (non-hydrogen) atoms. The van der Waals surface area contributed by atoms with Crippen molar-refractivity contribution in [3.8, 4) is 0 Å². The van der Waals surface area contributed by atoms with Crippen LogP contribution in [0.2, 0.25) is 0 Å². The molecule has 2 rings (SSSR count). The van der Waals surface area contributed by atoms with Crippen LogP contribution in [0.1, 0.15) is 6.92 Å². The van der Waals surface area contributed by atoms with E-state index in [0.29, 0.717) is 13.1 Å². The van der Waals surface area contributed by atoms with Gasteiger partial charge >= 0.3 is 0 Å². The molecule has 0 spiro atoms. The van der Waals surface area contributed by atoms with Gasteiger partial charge in [0.1, 0.15) is 0 Å². The SMILES string of the molecule is CCS(=O)(=O)NCCNC(=NC)N1CCN(c2cccs2)CC1.I. The van der Waals surface area contributed by atoms with Crippen molar-refractivity contribution in [3.05, 3.63) is 17.5 Å². The molecule has 0 aliphatic carbocycles. The Morgan fingerprint density at radius 3 is 2.54 bits per heavy atom. The molecule has 0 bridgehead atoms. The van der Waals surface area contributed by atoms with Crippen LogP contribution in [0, 0.1) is 0 Å². The molecule has 0 amide bonds. The van der Waals surface area contributed by atoms with Crippen molar-refractivity contribution in [1.29, 1.82) is 0 Å². The quantitative estimate of drug-likeness (QED) is 0.271. The van der Waals surface area contributed by atoms with Crippen LogP contribution >= 0.6 is 35.3 Å². The first-order chi connectivity index (χ1) is 11.1. The molecule has 1 aromatic heterocycles. The maximum absolute atomic E-state index is 11.4. The van der Waals surface area contributed by atoms with E-state index in [1.807, 2.05) is 0 Å². The van der Waals surface area contributed by atoms with E-state index in [1.54, 1.807) is 25.3 Å². The van der Waals surface area contributed by atoms with Gasteiger partial charge in [0.25, 0.3) is 0 Å². The van der Waals surface area contributed by atoms with E-state index in [0.717, 1.165) is 32.1 Å².